The molecule has 0 radical (unpaired) electrons. The van der Waals surface area contributed by atoms with E-state index in [1.165, 1.54) is 0 Å². The van der Waals surface area contributed by atoms with Gasteiger partial charge >= 0.3 is 11.9 Å². The fraction of sp³-hybridized carbons (Fsp3) is 0.375. The standard InChI is InChI=1S/C16H18O4/c1-5-11-19-14(17)13(12-9-7-6-8-10-12)20-15(18)16(2,3)4/h1,6-10,13H,11H2,2-4H3/t13-/m0/s1. The van der Waals surface area contributed by atoms with Crippen LogP contribution in [0.25, 0.3) is 0 Å². The third-order valence-corrected chi connectivity index (χ3v) is 2.45. The molecule has 1 atom stereocenters. The molecule has 4 heteroatoms. The van der Waals surface area contributed by atoms with Crippen LogP contribution in [0.5, 0.6) is 0 Å². The molecule has 1 aromatic carbocycles. The van der Waals surface area contributed by atoms with Crippen LogP contribution in [0.3, 0.4) is 0 Å². The number of benzene rings is 1. The number of rotatable bonds is 4. The first kappa shape index (κ1) is 15.8. The SMILES string of the molecule is C#CCOC(=O)[C@@H](OC(=O)C(C)(C)C)c1ccccc1. The molecule has 0 bridgehead atoms. The minimum Gasteiger partial charge on any atom is -0.450 e. The highest BCUT2D eigenvalue weighted by atomic mass is 16.6. The Morgan fingerprint density at radius 2 is 1.85 bits per heavy atom. The molecule has 0 aliphatic rings. The van der Waals surface area contributed by atoms with Crippen LogP contribution in [0.15, 0.2) is 30.3 Å². The Kier molecular flexibility index (Phi) is 5.33. The summed E-state index contributed by atoms with van der Waals surface area (Å²) in [5.74, 6) is 1.05. The fourth-order valence-electron chi connectivity index (χ4n) is 1.35. The van der Waals surface area contributed by atoms with Crippen molar-refractivity contribution in [3.63, 3.8) is 0 Å². The van der Waals surface area contributed by atoms with Crippen LogP contribution in [0, 0.1) is 17.8 Å². The summed E-state index contributed by atoms with van der Waals surface area (Å²) in [7, 11) is 0. The first-order valence-electron chi connectivity index (χ1n) is 6.22. The van der Waals surface area contributed by atoms with Crippen molar-refractivity contribution in [3.05, 3.63) is 35.9 Å². The van der Waals surface area contributed by atoms with E-state index in [0.717, 1.165) is 0 Å². The van der Waals surface area contributed by atoms with Crippen LogP contribution < -0.4 is 0 Å². The second-order valence-corrected chi connectivity index (χ2v) is 5.26. The molecule has 0 unspecified atom stereocenters. The smallest absolute Gasteiger partial charge is 0.353 e. The second kappa shape index (κ2) is 6.76. The van der Waals surface area contributed by atoms with E-state index in [1.54, 1.807) is 51.1 Å². The minimum atomic E-state index is -1.10. The lowest BCUT2D eigenvalue weighted by atomic mass is 9.97. The van der Waals surface area contributed by atoms with Gasteiger partial charge in [-0.2, -0.15) is 0 Å². The maximum Gasteiger partial charge on any atom is 0.353 e. The molecule has 1 aromatic rings. The van der Waals surface area contributed by atoms with Crippen LogP contribution in [0.4, 0.5) is 0 Å². The Bertz CT molecular complexity index is 506. The van der Waals surface area contributed by atoms with Crippen molar-refractivity contribution in [3.8, 4) is 12.3 Å². The second-order valence-electron chi connectivity index (χ2n) is 5.26. The lowest BCUT2D eigenvalue weighted by Crippen LogP contribution is -2.29. The van der Waals surface area contributed by atoms with Crippen molar-refractivity contribution < 1.29 is 19.1 Å². The van der Waals surface area contributed by atoms with Crippen molar-refractivity contribution in [2.45, 2.75) is 26.9 Å². The van der Waals surface area contributed by atoms with Crippen molar-refractivity contribution in [1.29, 1.82) is 0 Å². The summed E-state index contributed by atoms with van der Waals surface area (Å²) in [6, 6.07) is 8.69. The van der Waals surface area contributed by atoms with Crippen LogP contribution >= 0.6 is 0 Å². The predicted octanol–water partition coefficient (Wildman–Crippen LogP) is 2.49. The Morgan fingerprint density at radius 1 is 1.25 bits per heavy atom. The molecule has 0 saturated carbocycles. The van der Waals surface area contributed by atoms with E-state index in [2.05, 4.69) is 5.92 Å². The summed E-state index contributed by atoms with van der Waals surface area (Å²) in [5, 5.41) is 0. The third-order valence-electron chi connectivity index (χ3n) is 2.45. The molecule has 0 saturated heterocycles. The average molecular weight is 274 g/mol. The molecule has 0 fully saturated rings. The van der Waals surface area contributed by atoms with Crippen LogP contribution in [-0.4, -0.2) is 18.5 Å². The van der Waals surface area contributed by atoms with Gasteiger partial charge in [0, 0.05) is 5.56 Å². The molecule has 0 amide bonds. The number of hydrogen-bond acceptors (Lipinski definition) is 4. The number of carbonyl (C=O) groups is 2. The van der Waals surface area contributed by atoms with Crippen molar-refractivity contribution >= 4 is 11.9 Å². The lowest BCUT2D eigenvalue weighted by Gasteiger charge is -2.22. The lowest BCUT2D eigenvalue weighted by molar-refractivity contribution is -0.173. The topological polar surface area (TPSA) is 52.6 Å². The van der Waals surface area contributed by atoms with Crippen LogP contribution in [-0.2, 0) is 19.1 Å². The zero-order valence-corrected chi connectivity index (χ0v) is 11.9. The van der Waals surface area contributed by atoms with Gasteiger partial charge in [0.25, 0.3) is 0 Å². The quantitative estimate of drug-likeness (QED) is 0.625. The Balaban J connectivity index is 2.94. The molecule has 0 heterocycles. The van der Waals surface area contributed by atoms with Crippen molar-refractivity contribution in [1.82, 2.24) is 0 Å². The van der Waals surface area contributed by atoms with Gasteiger partial charge in [-0.1, -0.05) is 36.3 Å². The minimum absolute atomic E-state index is 0.158. The van der Waals surface area contributed by atoms with Gasteiger partial charge in [-0.05, 0) is 20.8 Å². The number of carbonyl (C=O) groups excluding carboxylic acids is 2. The highest BCUT2D eigenvalue weighted by Gasteiger charge is 2.31. The van der Waals surface area contributed by atoms with E-state index in [4.69, 9.17) is 15.9 Å². The van der Waals surface area contributed by atoms with Gasteiger partial charge in [-0.25, -0.2) is 4.79 Å². The van der Waals surface area contributed by atoms with Gasteiger partial charge in [0.2, 0.25) is 6.10 Å². The van der Waals surface area contributed by atoms with Gasteiger partial charge in [0.1, 0.15) is 0 Å². The highest BCUT2D eigenvalue weighted by molar-refractivity contribution is 5.82. The summed E-state index contributed by atoms with van der Waals surface area (Å²) in [6.45, 7) is 4.98. The molecule has 0 aromatic heterocycles. The zero-order valence-electron chi connectivity index (χ0n) is 11.9. The molecule has 106 valence electrons. The van der Waals surface area contributed by atoms with E-state index in [1.807, 2.05) is 0 Å². The monoisotopic (exact) mass is 274 g/mol. The molecule has 0 spiro atoms. The van der Waals surface area contributed by atoms with Gasteiger partial charge < -0.3 is 9.47 Å². The highest BCUT2D eigenvalue weighted by Crippen LogP contribution is 2.24. The number of terminal acetylenes is 1. The third kappa shape index (κ3) is 4.43. The maximum atomic E-state index is 12.0. The molecule has 0 aliphatic carbocycles. The van der Waals surface area contributed by atoms with E-state index in [0.29, 0.717) is 5.56 Å². The fourth-order valence-corrected chi connectivity index (χ4v) is 1.35. The van der Waals surface area contributed by atoms with Crippen molar-refractivity contribution in [2.75, 3.05) is 6.61 Å². The molecule has 0 N–H and O–H groups in total. The van der Waals surface area contributed by atoms with Crippen LogP contribution in [0.2, 0.25) is 0 Å². The molecule has 4 nitrogen and oxygen atoms in total. The van der Waals surface area contributed by atoms with Gasteiger partial charge in [-0.3, -0.25) is 4.79 Å². The van der Waals surface area contributed by atoms with Crippen LogP contribution in [0.1, 0.15) is 32.4 Å². The normalized spacial score (nSPS) is 12.1. The summed E-state index contributed by atoms with van der Waals surface area (Å²) in [4.78, 5) is 23.9. The summed E-state index contributed by atoms with van der Waals surface area (Å²) in [5.41, 5.74) is -0.161. The number of hydrogen-bond donors (Lipinski definition) is 0. The van der Waals surface area contributed by atoms with E-state index in [-0.39, 0.29) is 6.61 Å². The summed E-state index contributed by atoms with van der Waals surface area (Å²) in [6.07, 6.45) is 3.95. The van der Waals surface area contributed by atoms with Gasteiger partial charge in [0.05, 0.1) is 5.41 Å². The largest absolute Gasteiger partial charge is 0.450 e. The molecule has 0 aliphatic heterocycles. The first-order chi connectivity index (χ1) is 9.36. The van der Waals surface area contributed by atoms with Crippen molar-refractivity contribution in [2.24, 2.45) is 5.41 Å². The molecule has 1 rings (SSSR count). The predicted molar refractivity (Wildman–Crippen MR) is 74.5 cm³/mol. The van der Waals surface area contributed by atoms with E-state index >= 15 is 0 Å². The average Bonchev–Trinajstić information content (AvgIpc) is 2.41. The van der Waals surface area contributed by atoms with Gasteiger partial charge in [0.15, 0.2) is 6.61 Å². The Labute approximate surface area is 119 Å². The van der Waals surface area contributed by atoms with E-state index in [9.17, 15) is 9.59 Å². The molecule has 20 heavy (non-hydrogen) atoms. The van der Waals surface area contributed by atoms with Gasteiger partial charge in [-0.15, -0.1) is 6.42 Å². The van der Waals surface area contributed by atoms with E-state index < -0.39 is 23.5 Å². The Morgan fingerprint density at radius 3 is 2.35 bits per heavy atom. The zero-order chi connectivity index (χ0) is 15.2. The molecular formula is C16H18O4. The number of ether oxygens (including phenoxy) is 2. The maximum absolute atomic E-state index is 12.0. The summed E-state index contributed by atoms with van der Waals surface area (Å²) < 4.78 is 10.1. The molecular weight excluding hydrogens is 256 g/mol. The first-order valence-corrected chi connectivity index (χ1v) is 6.22. The summed E-state index contributed by atoms with van der Waals surface area (Å²) >= 11 is 0. The Hall–Kier alpha value is -2.28. The number of esters is 2.